The molecule has 0 amide bonds. The second kappa shape index (κ2) is 9.33. The molecule has 2 aliphatic carbocycles. The Morgan fingerprint density at radius 2 is 2.03 bits per heavy atom. The summed E-state index contributed by atoms with van der Waals surface area (Å²) in [5.74, 6) is 1.29. The third kappa shape index (κ3) is 4.30. The van der Waals surface area contributed by atoms with Crippen LogP contribution in [-0.2, 0) is 11.2 Å². The van der Waals surface area contributed by atoms with E-state index in [1.165, 1.54) is 28.7 Å². The van der Waals surface area contributed by atoms with Crippen molar-refractivity contribution in [1.82, 2.24) is 20.1 Å². The molecule has 3 aliphatic rings. The summed E-state index contributed by atoms with van der Waals surface area (Å²) in [6.07, 6.45) is 10.7. The van der Waals surface area contributed by atoms with Crippen LogP contribution in [0, 0.1) is 0 Å². The first-order valence-electron chi connectivity index (χ1n) is 12.3. The van der Waals surface area contributed by atoms with Crippen LogP contribution in [0.3, 0.4) is 0 Å². The van der Waals surface area contributed by atoms with Crippen LogP contribution in [0.25, 0.3) is 10.2 Å². The van der Waals surface area contributed by atoms with Crippen LogP contribution in [0.2, 0.25) is 0 Å². The van der Waals surface area contributed by atoms with E-state index in [0.29, 0.717) is 18.4 Å². The molecule has 0 aromatic carbocycles. The van der Waals surface area contributed by atoms with E-state index in [0.717, 1.165) is 68.3 Å². The quantitative estimate of drug-likeness (QED) is 0.564. The molecule has 7 nitrogen and oxygen atoms in total. The molecule has 1 saturated carbocycles. The van der Waals surface area contributed by atoms with E-state index in [2.05, 4.69) is 20.1 Å². The van der Waals surface area contributed by atoms with E-state index in [-0.39, 0.29) is 6.10 Å². The fraction of sp³-hybridized carbons (Fsp3) is 0.600. The molecular weight excluding hydrogens is 436 g/mol. The van der Waals surface area contributed by atoms with Crippen LogP contribution in [0.5, 0.6) is 5.75 Å². The minimum atomic E-state index is -0.557. The summed E-state index contributed by atoms with van der Waals surface area (Å²) in [5, 5.41) is 18.9. The number of nitrogens with one attached hydrogen (secondary N) is 1. The monoisotopic (exact) mass is 468 g/mol. The van der Waals surface area contributed by atoms with Crippen molar-refractivity contribution in [3.8, 4) is 5.75 Å². The van der Waals surface area contributed by atoms with E-state index >= 15 is 0 Å². The van der Waals surface area contributed by atoms with Crippen molar-refractivity contribution in [1.29, 1.82) is 0 Å². The highest BCUT2D eigenvalue weighted by Gasteiger charge is 2.33. The lowest BCUT2D eigenvalue weighted by Gasteiger charge is -2.38. The molecule has 2 atom stereocenters. The third-order valence-corrected chi connectivity index (χ3v) is 8.84. The summed E-state index contributed by atoms with van der Waals surface area (Å²) in [6.45, 7) is 3.86. The topological polar surface area (TPSA) is 83.5 Å². The number of pyridine rings is 1. The van der Waals surface area contributed by atoms with Gasteiger partial charge in [0.05, 0.1) is 36.5 Å². The van der Waals surface area contributed by atoms with Crippen LogP contribution in [0.4, 0.5) is 0 Å². The highest BCUT2D eigenvalue weighted by atomic mass is 32.1. The molecular formula is C25H32N4O3S. The number of fused-ring (bicyclic) bond motifs is 3. The predicted molar refractivity (Wildman–Crippen MR) is 128 cm³/mol. The van der Waals surface area contributed by atoms with E-state index in [1.54, 1.807) is 17.5 Å². The summed E-state index contributed by atoms with van der Waals surface area (Å²) >= 11 is 1.80. The van der Waals surface area contributed by atoms with Gasteiger partial charge < -0.3 is 14.6 Å². The van der Waals surface area contributed by atoms with E-state index in [1.807, 2.05) is 18.3 Å². The van der Waals surface area contributed by atoms with Crippen molar-refractivity contribution >= 4 is 21.6 Å². The number of aromatic nitrogens is 3. The largest absolute Gasteiger partial charge is 0.490 e. The standard InChI is InChI=1S/C25H32N4O3S/c30-20(19-7-10-27-28-19)15-16-1-6-22-23(16)24-21(8-9-26-25(24)33-22)32-18-4-2-17(3-5-18)29-11-13-31-14-12-29/h7-10,16-18,20,30H,1-6,11-15H2,(H,27,28)/t16-,17-,18-,20+/m1/s1. The highest BCUT2D eigenvalue weighted by molar-refractivity contribution is 7.19. The van der Waals surface area contributed by atoms with Gasteiger partial charge in [0, 0.05) is 36.4 Å². The molecule has 2 fully saturated rings. The van der Waals surface area contributed by atoms with Gasteiger partial charge in [-0.25, -0.2) is 4.98 Å². The summed E-state index contributed by atoms with van der Waals surface area (Å²) in [6, 6.07) is 4.57. The Kier molecular flexibility index (Phi) is 6.09. The summed E-state index contributed by atoms with van der Waals surface area (Å²) in [4.78, 5) is 9.75. The average molecular weight is 469 g/mol. The first kappa shape index (κ1) is 21.5. The normalized spacial score (nSPS) is 27.0. The lowest BCUT2D eigenvalue weighted by molar-refractivity contribution is -0.000920. The Hall–Kier alpha value is -2.00. The maximum atomic E-state index is 10.7. The Morgan fingerprint density at radius 1 is 1.18 bits per heavy atom. The fourth-order valence-electron chi connectivity index (χ4n) is 5.96. The number of nitrogens with zero attached hydrogens (tertiary/aromatic N) is 3. The number of aliphatic hydroxyl groups excluding tert-OH is 1. The molecule has 2 N–H and O–H groups in total. The summed E-state index contributed by atoms with van der Waals surface area (Å²) in [7, 11) is 0. The van der Waals surface area contributed by atoms with Gasteiger partial charge in [-0.3, -0.25) is 10.00 Å². The Labute approximate surface area is 198 Å². The molecule has 1 saturated heterocycles. The van der Waals surface area contributed by atoms with Gasteiger partial charge in [-0.15, -0.1) is 11.3 Å². The molecule has 4 heterocycles. The van der Waals surface area contributed by atoms with Gasteiger partial charge in [0.1, 0.15) is 10.6 Å². The number of morpholine rings is 1. The van der Waals surface area contributed by atoms with Gasteiger partial charge in [-0.1, -0.05) is 0 Å². The zero-order valence-electron chi connectivity index (χ0n) is 18.9. The number of aromatic amines is 1. The number of aryl methyl sites for hydroxylation is 1. The second-order valence-corrected chi connectivity index (χ2v) is 10.7. The van der Waals surface area contributed by atoms with Crippen molar-refractivity contribution in [2.24, 2.45) is 0 Å². The predicted octanol–water partition coefficient (Wildman–Crippen LogP) is 4.20. The van der Waals surface area contributed by atoms with Crippen molar-refractivity contribution in [3.05, 3.63) is 40.7 Å². The van der Waals surface area contributed by atoms with E-state index in [9.17, 15) is 5.11 Å². The van der Waals surface area contributed by atoms with E-state index < -0.39 is 6.10 Å². The number of ether oxygens (including phenoxy) is 2. The number of hydrogen-bond donors (Lipinski definition) is 2. The number of rotatable bonds is 6. The van der Waals surface area contributed by atoms with Gasteiger partial charge >= 0.3 is 0 Å². The average Bonchev–Trinajstić information content (AvgIpc) is 3.59. The third-order valence-electron chi connectivity index (χ3n) is 7.67. The van der Waals surface area contributed by atoms with E-state index in [4.69, 9.17) is 9.47 Å². The zero-order chi connectivity index (χ0) is 22.2. The number of thiophene rings is 1. The first-order valence-corrected chi connectivity index (χ1v) is 13.1. The van der Waals surface area contributed by atoms with Crippen LogP contribution in [-0.4, -0.2) is 63.6 Å². The second-order valence-electron chi connectivity index (χ2n) is 9.61. The number of hydrogen-bond acceptors (Lipinski definition) is 7. The SMILES string of the molecule is O[C@@H](C[C@H]1CCc2sc3nccc(O[C@H]4CC[C@H](N5CCOCC5)CC4)c3c21)c1cc[nH]n1. The molecule has 3 aromatic rings. The molecule has 0 bridgehead atoms. The first-order chi connectivity index (χ1) is 16.3. The maximum Gasteiger partial charge on any atom is 0.131 e. The molecule has 3 aromatic heterocycles. The van der Waals surface area contributed by atoms with Crippen LogP contribution in [0.1, 0.15) is 66.7 Å². The molecule has 33 heavy (non-hydrogen) atoms. The minimum absolute atomic E-state index is 0.262. The highest BCUT2D eigenvalue weighted by Crippen LogP contribution is 2.49. The Morgan fingerprint density at radius 3 is 2.82 bits per heavy atom. The van der Waals surface area contributed by atoms with Crippen LogP contribution in [0.15, 0.2) is 24.5 Å². The summed E-state index contributed by atoms with van der Waals surface area (Å²) < 4.78 is 12.2. The maximum absolute atomic E-state index is 10.7. The van der Waals surface area contributed by atoms with Crippen LogP contribution < -0.4 is 4.74 Å². The van der Waals surface area contributed by atoms with Crippen molar-refractivity contribution in [2.45, 2.75) is 69.1 Å². The molecule has 0 unspecified atom stereocenters. The lowest BCUT2D eigenvalue weighted by Crippen LogP contribution is -2.46. The lowest BCUT2D eigenvalue weighted by atomic mass is 9.91. The molecule has 1 aliphatic heterocycles. The smallest absolute Gasteiger partial charge is 0.131 e. The molecule has 8 heteroatoms. The summed E-state index contributed by atoms with van der Waals surface area (Å²) in [5.41, 5.74) is 2.07. The van der Waals surface area contributed by atoms with Gasteiger partial charge in [0.25, 0.3) is 0 Å². The van der Waals surface area contributed by atoms with Gasteiger partial charge in [-0.2, -0.15) is 5.10 Å². The van der Waals surface area contributed by atoms with Gasteiger partial charge in [-0.05, 0) is 68.6 Å². The fourth-order valence-corrected chi connectivity index (χ4v) is 7.22. The number of aliphatic hydroxyl groups is 1. The molecule has 0 radical (unpaired) electrons. The van der Waals surface area contributed by atoms with Crippen molar-refractivity contribution in [3.63, 3.8) is 0 Å². The van der Waals surface area contributed by atoms with Gasteiger partial charge in [0.2, 0.25) is 0 Å². The van der Waals surface area contributed by atoms with Crippen molar-refractivity contribution in [2.75, 3.05) is 26.3 Å². The van der Waals surface area contributed by atoms with Crippen LogP contribution >= 0.6 is 11.3 Å². The minimum Gasteiger partial charge on any atom is -0.490 e. The number of H-pyrrole nitrogens is 1. The van der Waals surface area contributed by atoms with Crippen molar-refractivity contribution < 1.29 is 14.6 Å². The zero-order valence-corrected chi connectivity index (χ0v) is 19.7. The van der Waals surface area contributed by atoms with Gasteiger partial charge in [0.15, 0.2) is 0 Å². The molecule has 6 rings (SSSR count). The Balaban J connectivity index is 1.18. The molecule has 176 valence electrons. The Bertz CT molecular complexity index is 1070. The molecule has 0 spiro atoms.